The summed E-state index contributed by atoms with van der Waals surface area (Å²) in [5.41, 5.74) is 0. The predicted octanol–water partition coefficient (Wildman–Crippen LogP) is 3.88. The van der Waals surface area contributed by atoms with Gasteiger partial charge in [0.1, 0.15) is 10.1 Å². The molecule has 2 nitrogen and oxygen atoms in total. The number of aromatic nitrogens is 2. The molecule has 2 heterocycles. The van der Waals surface area contributed by atoms with Gasteiger partial charge in [-0.3, -0.25) is 0 Å². The summed E-state index contributed by atoms with van der Waals surface area (Å²) in [6.07, 6.45) is 3.61. The predicted molar refractivity (Wildman–Crippen MR) is 72.9 cm³/mol. The third-order valence-electron chi connectivity index (χ3n) is 1.57. The van der Waals surface area contributed by atoms with E-state index in [-0.39, 0.29) is 0 Å². The van der Waals surface area contributed by atoms with Crippen molar-refractivity contribution in [3.8, 4) is 0 Å². The van der Waals surface area contributed by atoms with Crippen molar-refractivity contribution in [3.63, 3.8) is 0 Å². The SMILES string of the molecule is Ic1cccnc1SSc1ccccn1. The molecule has 0 bridgehead atoms. The zero-order valence-corrected chi connectivity index (χ0v) is 11.4. The van der Waals surface area contributed by atoms with Gasteiger partial charge in [-0.2, -0.15) is 0 Å². The minimum absolute atomic E-state index is 1.00. The van der Waals surface area contributed by atoms with E-state index in [0.717, 1.165) is 10.1 Å². The lowest BCUT2D eigenvalue weighted by Crippen LogP contribution is -1.81. The van der Waals surface area contributed by atoms with Gasteiger partial charge in [0.25, 0.3) is 0 Å². The van der Waals surface area contributed by atoms with Crippen LogP contribution in [0.3, 0.4) is 0 Å². The van der Waals surface area contributed by atoms with Gasteiger partial charge in [-0.05, 0) is 68.4 Å². The van der Waals surface area contributed by atoms with Crippen LogP contribution in [0, 0.1) is 3.57 Å². The maximum Gasteiger partial charge on any atom is 0.120 e. The Labute approximate surface area is 110 Å². The zero-order valence-electron chi connectivity index (χ0n) is 7.63. The van der Waals surface area contributed by atoms with E-state index in [1.165, 1.54) is 3.57 Å². The summed E-state index contributed by atoms with van der Waals surface area (Å²) in [7, 11) is 3.26. The highest BCUT2D eigenvalue weighted by Crippen LogP contribution is 2.36. The Balaban J connectivity index is 2.03. The smallest absolute Gasteiger partial charge is 0.120 e. The van der Waals surface area contributed by atoms with Gasteiger partial charge in [0.2, 0.25) is 0 Å². The lowest BCUT2D eigenvalue weighted by atomic mass is 10.5. The zero-order chi connectivity index (χ0) is 10.5. The highest BCUT2D eigenvalue weighted by Gasteiger charge is 2.02. The molecule has 0 unspecified atom stereocenters. The van der Waals surface area contributed by atoms with Crippen molar-refractivity contribution in [1.82, 2.24) is 9.97 Å². The molecule has 2 rings (SSSR count). The van der Waals surface area contributed by atoms with E-state index in [0.29, 0.717) is 0 Å². The first-order valence-electron chi connectivity index (χ1n) is 4.22. The number of hydrogen-bond donors (Lipinski definition) is 0. The number of halogens is 1. The molecule has 0 fully saturated rings. The molecule has 0 aromatic carbocycles. The molecule has 0 saturated carbocycles. The van der Waals surface area contributed by atoms with Crippen molar-refractivity contribution < 1.29 is 0 Å². The average molecular weight is 346 g/mol. The fourth-order valence-electron chi connectivity index (χ4n) is 0.911. The second-order valence-electron chi connectivity index (χ2n) is 2.63. The van der Waals surface area contributed by atoms with Crippen molar-refractivity contribution in [2.75, 3.05) is 0 Å². The Kier molecular flexibility index (Phi) is 4.28. The fraction of sp³-hybridized carbons (Fsp3) is 0. The molecule has 0 amide bonds. The molecule has 0 spiro atoms. The molecule has 2 aromatic heterocycles. The molecule has 0 aliphatic carbocycles. The quantitative estimate of drug-likeness (QED) is 0.622. The van der Waals surface area contributed by atoms with Crippen molar-refractivity contribution in [2.45, 2.75) is 10.1 Å². The molecule has 0 aliphatic heterocycles. The number of hydrogen-bond acceptors (Lipinski definition) is 4. The van der Waals surface area contributed by atoms with Gasteiger partial charge < -0.3 is 0 Å². The summed E-state index contributed by atoms with van der Waals surface area (Å²) in [5, 5.41) is 2.04. The molecule has 0 aliphatic rings. The molecule has 15 heavy (non-hydrogen) atoms. The molecular weight excluding hydrogens is 339 g/mol. The van der Waals surface area contributed by atoms with Gasteiger partial charge in [0, 0.05) is 16.0 Å². The fourth-order valence-corrected chi connectivity index (χ4v) is 3.88. The Morgan fingerprint density at radius 1 is 0.933 bits per heavy atom. The van der Waals surface area contributed by atoms with Crippen LogP contribution < -0.4 is 0 Å². The van der Waals surface area contributed by atoms with E-state index >= 15 is 0 Å². The summed E-state index contributed by atoms with van der Waals surface area (Å²) in [5.74, 6) is 0. The second-order valence-corrected chi connectivity index (χ2v) is 5.93. The molecule has 76 valence electrons. The van der Waals surface area contributed by atoms with E-state index in [2.05, 4.69) is 38.6 Å². The Hall–Kier alpha value is -0.270. The summed E-state index contributed by atoms with van der Waals surface area (Å²) in [4.78, 5) is 8.54. The van der Waals surface area contributed by atoms with Crippen LogP contribution in [0.4, 0.5) is 0 Å². The molecule has 2 aromatic rings. The number of pyridine rings is 2. The monoisotopic (exact) mass is 346 g/mol. The molecular formula is C10H7IN2S2. The van der Waals surface area contributed by atoms with E-state index in [1.54, 1.807) is 27.8 Å². The average Bonchev–Trinajstić information content (AvgIpc) is 2.29. The Morgan fingerprint density at radius 2 is 1.80 bits per heavy atom. The Bertz CT molecular complexity index is 436. The summed E-state index contributed by atoms with van der Waals surface area (Å²) < 4.78 is 1.17. The van der Waals surface area contributed by atoms with E-state index in [4.69, 9.17) is 0 Å². The highest BCUT2D eigenvalue weighted by atomic mass is 127. The van der Waals surface area contributed by atoms with Crippen LogP contribution in [0.2, 0.25) is 0 Å². The van der Waals surface area contributed by atoms with Crippen LogP contribution in [-0.4, -0.2) is 9.97 Å². The molecule has 0 saturated heterocycles. The van der Waals surface area contributed by atoms with Crippen LogP contribution in [0.5, 0.6) is 0 Å². The lowest BCUT2D eigenvalue weighted by Gasteiger charge is -2.00. The first-order valence-corrected chi connectivity index (χ1v) is 7.45. The van der Waals surface area contributed by atoms with Crippen molar-refractivity contribution in [1.29, 1.82) is 0 Å². The van der Waals surface area contributed by atoms with Gasteiger partial charge in [-0.25, -0.2) is 9.97 Å². The molecule has 0 atom stereocenters. The summed E-state index contributed by atoms with van der Waals surface area (Å²) >= 11 is 2.29. The topological polar surface area (TPSA) is 25.8 Å². The van der Waals surface area contributed by atoms with Gasteiger partial charge in [0.05, 0.1) is 0 Å². The van der Waals surface area contributed by atoms with Gasteiger partial charge in [-0.1, -0.05) is 6.07 Å². The molecule has 5 heteroatoms. The largest absolute Gasteiger partial charge is 0.249 e. The van der Waals surface area contributed by atoms with Crippen molar-refractivity contribution in [2.24, 2.45) is 0 Å². The maximum absolute atomic E-state index is 4.30. The van der Waals surface area contributed by atoms with Gasteiger partial charge in [0.15, 0.2) is 0 Å². The normalized spacial score (nSPS) is 10.2. The van der Waals surface area contributed by atoms with E-state index in [1.807, 2.05) is 30.5 Å². The van der Waals surface area contributed by atoms with E-state index < -0.39 is 0 Å². The summed E-state index contributed by atoms with van der Waals surface area (Å²) in [6, 6.07) is 9.89. The molecule has 0 radical (unpaired) electrons. The first-order chi connectivity index (χ1) is 7.36. The van der Waals surface area contributed by atoms with Crippen LogP contribution in [-0.2, 0) is 0 Å². The standard InChI is InChI=1S/C10H7IN2S2/c11-8-4-3-7-13-10(8)15-14-9-5-1-2-6-12-9/h1-7H. The number of rotatable bonds is 3. The van der Waals surface area contributed by atoms with E-state index in [9.17, 15) is 0 Å². The Morgan fingerprint density at radius 3 is 2.53 bits per heavy atom. The molecule has 0 N–H and O–H groups in total. The highest BCUT2D eigenvalue weighted by molar-refractivity contribution is 14.1. The van der Waals surface area contributed by atoms with Crippen LogP contribution in [0.25, 0.3) is 0 Å². The van der Waals surface area contributed by atoms with Crippen LogP contribution in [0.1, 0.15) is 0 Å². The van der Waals surface area contributed by atoms with Gasteiger partial charge in [-0.15, -0.1) is 0 Å². The van der Waals surface area contributed by atoms with Crippen LogP contribution >= 0.6 is 44.2 Å². The van der Waals surface area contributed by atoms with Gasteiger partial charge >= 0.3 is 0 Å². The third kappa shape index (κ3) is 3.35. The second kappa shape index (κ2) is 5.72. The minimum Gasteiger partial charge on any atom is -0.249 e. The van der Waals surface area contributed by atoms with Crippen molar-refractivity contribution in [3.05, 3.63) is 46.3 Å². The van der Waals surface area contributed by atoms with Crippen LogP contribution in [0.15, 0.2) is 52.8 Å². The first kappa shape index (κ1) is 11.2. The number of nitrogens with zero attached hydrogens (tertiary/aromatic N) is 2. The summed E-state index contributed by atoms with van der Waals surface area (Å²) in [6.45, 7) is 0. The third-order valence-corrected chi connectivity index (χ3v) is 5.02. The maximum atomic E-state index is 4.30. The minimum atomic E-state index is 1.00. The lowest BCUT2D eigenvalue weighted by molar-refractivity contribution is 1.11. The van der Waals surface area contributed by atoms with Crippen molar-refractivity contribution >= 4 is 44.2 Å².